The molecule has 134 valence electrons. The Morgan fingerprint density at radius 2 is 2.04 bits per heavy atom. The van der Waals surface area contributed by atoms with E-state index in [0.29, 0.717) is 40.5 Å². The molecule has 2 aromatic rings. The highest BCUT2D eigenvalue weighted by molar-refractivity contribution is 6.38. The summed E-state index contributed by atoms with van der Waals surface area (Å²) in [5.74, 6) is -0.394. The summed E-state index contributed by atoms with van der Waals surface area (Å²) >= 11 is 12.1. The molecule has 0 radical (unpaired) electrons. The molecule has 9 heteroatoms. The summed E-state index contributed by atoms with van der Waals surface area (Å²) in [4.78, 5) is 31.1. The maximum absolute atomic E-state index is 11.8. The van der Waals surface area contributed by atoms with Gasteiger partial charge in [0.05, 0.1) is 22.5 Å². The Bertz CT molecular complexity index is 770. The van der Waals surface area contributed by atoms with E-state index in [1.165, 1.54) is 6.33 Å². The topological polar surface area (TPSA) is 90.4 Å². The van der Waals surface area contributed by atoms with Crippen molar-refractivity contribution in [2.75, 3.05) is 19.8 Å². The lowest BCUT2D eigenvalue weighted by Gasteiger charge is -2.09. The van der Waals surface area contributed by atoms with E-state index in [-0.39, 0.29) is 30.8 Å². The lowest BCUT2D eigenvalue weighted by Crippen LogP contribution is -2.30. The van der Waals surface area contributed by atoms with Crippen LogP contribution in [0.2, 0.25) is 10.0 Å². The van der Waals surface area contributed by atoms with Crippen molar-refractivity contribution in [1.82, 2.24) is 15.3 Å². The number of hydrogen-bond donors (Lipinski definition) is 1. The highest BCUT2D eigenvalue weighted by Crippen LogP contribution is 2.30. The molecule has 1 aromatic heterocycles. The summed E-state index contributed by atoms with van der Waals surface area (Å²) in [5, 5.41) is 3.97. The normalized spacial score (nSPS) is 10.5. The van der Waals surface area contributed by atoms with Gasteiger partial charge in [0.25, 0.3) is 5.91 Å². The number of carbonyl (C=O) groups is 2. The summed E-state index contributed by atoms with van der Waals surface area (Å²) in [7, 11) is 0. The molecule has 25 heavy (non-hydrogen) atoms. The minimum Gasteiger partial charge on any atom is -0.467 e. The molecule has 0 atom stereocenters. The molecule has 0 aliphatic rings. The molecule has 0 fully saturated rings. The van der Waals surface area contributed by atoms with Gasteiger partial charge in [0.1, 0.15) is 6.33 Å². The number of halogens is 2. The largest absolute Gasteiger partial charge is 0.467 e. The van der Waals surface area contributed by atoms with Gasteiger partial charge in [-0.05, 0) is 25.5 Å². The minimum atomic E-state index is -0.330. The van der Waals surface area contributed by atoms with E-state index in [4.69, 9.17) is 32.7 Å². The number of hydrogen-bond acceptors (Lipinski definition) is 6. The monoisotopic (exact) mass is 385 g/mol. The third-order valence-corrected chi connectivity index (χ3v) is 3.65. The number of amides is 1. The predicted octanol–water partition coefficient (Wildman–Crippen LogP) is 2.77. The molecule has 0 aliphatic heterocycles. The molecule has 0 bridgehead atoms. The Kier molecular flexibility index (Phi) is 7.21. The second kappa shape index (κ2) is 9.39. The fraction of sp³-hybridized carbons (Fsp3) is 0.375. The van der Waals surface area contributed by atoms with E-state index in [2.05, 4.69) is 15.3 Å². The number of carbonyl (C=O) groups excluding carboxylic acids is 2. The molecule has 1 aromatic carbocycles. The number of nitrogens with one attached hydrogen (secondary N) is 1. The predicted molar refractivity (Wildman–Crippen MR) is 93.9 cm³/mol. The van der Waals surface area contributed by atoms with Crippen LogP contribution in [0.5, 0.6) is 5.88 Å². The van der Waals surface area contributed by atoms with Crippen LogP contribution in [0.15, 0.2) is 18.5 Å². The smallest absolute Gasteiger partial charge is 0.305 e. The van der Waals surface area contributed by atoms with Crippen molar-refractivity contribution in [1.29, 1.82) is 0 Å². The van der Waals surface area contributed by atoms with Crippen molar-refractivity contribution in [3.8, 4) is 5.88 Å². The number of aromatic nitrogens is 2. The van der Waals surface area contributed by atoms with Gasteiger partial charge < -0.3 is 14.8 Å². The quantitative estimate of drug-likeness (QED) is 0.554. The van der Waals surface area contributed by atoms with E-state index >= 15 is 0 Å². The Labute approximate surface area is 154 Å². The van der Waals surface area contributed by atoms with Gasteiger partial charge in [-0.15, -0.1) is 0 Å². The molecule has 0 spiro atoms. The maximum atomic E-state index is 11.8. The summed E-state index contributed by atoms with van der Waals surface area (Å²) in [6.07, 6.45) is 2.05. The van der Waals surface area contributed by atoms with Crippen molar-refractivity contribution in [3.63, 3.8) is 0 Å². The molecule has 7 nitrogen and oxygen atoms in total. The van der Waals surface area contributed by atoms with Gasteiger partial charge in [-0.3, -0.25) is 9.59 Å². The van der Waals surface area contributed by atoms with E-state index in [0.717, 1.165) is 0 Å². The number of esters is 1. The van der Waals surface area contributed by atoms with Gasteiger partial charge in [-0.2, -0.15) is 0 Å². The van der Waals surface area contributed by atoms with Crippen LogP contribution < -0.4 is 10.1 Å². The van der Waals surface area contributed by atoms with Crippen LogP contribution in [0.4, 0.5) is 0 Å². The number of rotatable bonds is 8. The van der Waals surface area contributed by atoms with Gasteiger partial charge in [-0.25, -0.2) is 9.97 Å². The first kappa shape index (κ1) is 19.2. The summed E-state index contributed by atoms with van der Waals surface area (Å²) < 4.78 is 10.2. The van der Waals surface area contributed by atoms with Gasteiger partial charge in [-0.1, -0.05) is 23.2 Å². The first-order chi connectivity index (χ1) is 12.0. The Morgan fingerprint density at radius 1 is 1.24 bits per heavy atom. The van der Waals surface area contributed by atoms with Crippen molar-refractivity contribution in [2.45, 2.75) is 19.8 Å². The Balaban J connectivity index is 1.86. The van der Waals surface area contributed by atoms with Crippen molar-refractivity contribution in [3.05, 3.63) is 28.5 Å². The fourth-order valence-electron chi connectivity index (χ4n) is 2.06. The zero-order valence-electron chi connectivity index (χ0n) is 13.6. The molecule has 1 heterocycles. The van der Waals surface area contributed by atoms with E-state index in [9.17, 15) is 9.59 Å². The Morgan fingerprint density at radius 3 is 2.80 bits per heavy atom. The fourth-order valence-corrected chi connectivity index (χ4v) is 2.60. The third kappa shape index (κ3) is 5.72. The first-order valence-electron chi connectivity index (χ1n) is 7.66. The van der Waals surface area contributed by atoms with Crippen LogP contribution in [0.25, 0.3) is 10.9 Å². The van der Waals surface area contributed by atoms with Crippen LogP contribution in [-0.4, -0.2) is 41.6 Å². The van der Waals surface area contributed by atoms with Gasteiger partial charge in [0.15, 0.2) is 6.61 Å². The molecule has 0 aliphatic carbocycles. The second-order valence-electron chi connectivity index (χ2n) is 5.01. The van der Waals surface area contributed by atoms with Crippen LogP contribution in [0.1, 0.15) is 19.8 Å². The molecule has 0 unspecified atom stereocenters. The lowest BCUT2D eigenvalue weighted by molar-refractivity contribution is -0.143. The summed E-state index contributed by atoms with van der Waals surface area (Å²) in [6, 6.07) is 3.19. The first-order valence-corrected chi connectivity index (χ1v) is 8.41. The van der Waals surface area contributed by atoms with E-state index in [1.54, 1.807) is 19.1 Å². The van der Waals surface area contributed by atoms with Crippen LogP contribution in [0, 0.1) is 0 Å². The minimum absolute atomic E-state index is 0.219. The Hall–Kier alpha value is -2.12. The standard InChI is InChI=1S/C16H17Cl2N3O4/c1-2-24-14(23)4-3-5-19-13(22)8-25-16-11-6-10(17)7-12(18)15(11)20-9-21-16/h6-7,9H,2-5,8H2,1H3,(H,19,22). The van der Waals surface area contributed by atoms with E-state index < -0.39 is 0 Å². The number of nitrogens with zero attached hydrogens (tertiary/aromatic N) is 2. The number of ether oxygens (including phenoxy) is 2. The number of benzene rings is 1. The molecular weight excluding hydrogens is 369 g/mol. The second-order valence-corrected chi connectivity index (χ2v) is 5.85. The van der Waals surface area contributed by atoms with Crippen molar-refractivity contribution in [2.24, 2.45) is 0 Å². The third-order valence-electron chi connectivity index (χ3n) is 3.15. The molecule has 0 saturated carbocycles. The lowest BCUT2D eigenvalue weighted by atomic mass is 10.2. The summed E-state index contributed by atoms with van der Waals surface area (Å²) in [5.41, 5.74) is 0.492. The van der Waals surface area contributed by atoms with Crippen LogP contribution in [0.3, 0.4) is 0 Å². The van der Waals surface area contributed by atoms with Crippen LogP contribution in [-0.2, 0) is 14.3 Å². The van der Waals surface area contributed by atoms with E-state index in [1.807, 2.05) is 0 Å². The average molecular weight is 386 g/mol. The SMILES string of the molecule is CCOC(=O)CCCNC(=O)COc1ncnc2c(Cl)cc(Cl)cc12. The molecule has 2 rings (SSSR count). The van der Waals surface area contributed by atoms with Crippen molar-refractivity contribution < 1.29 is 19.1 Å². The molecular formula is C16H17Cl2N3O4. The van der Waals surface area contributed by atoms with Crippen LogP contribution >= 0.6 is 23.2 Å². The maximum Gasteiger partial charge on any atom is 0.305 e. The van der Waals surface area contributed by atoms with Gasteiger partial charge in [0, 0.05) is 18.0 Å². The molecule has 1 N–H and O–H groups in total. The zero-order valence-corrected chi connectivity index (χ0v) is 15.1. The molecule has 0 saturated heterocycles. The zero-order chi connectivity index (χ0) is 18.2. The summed E-state index contributed by atoms with van der Waals surface area (Å²) in [6.45, 7) is 2.22. The van der Waals surface area contributed by atoms with Gasteiger partial charge >= 0.3 is 5.97 Å². The highest BCUT2D eigenvalue weighted by Gasteiger charge is 2.11. The van der Waals surface area contributed by atoms with Crippen molar-refractivity contribution >= 4 is 46.0 Å². The van der Waals surface area contributed by atoms with Gasteiger partial charge in [0.2, 0.25) is 5.88 Å². The number of fused-ring (bicyclic) bond motifs is 1. The highest BCUT2D eigenvalue weighted by atomic mass is 35.5. The average Bonchev–Trinajstić information content (AvgIpc) is 2.57. The molecule has 1 amide bonds.